The van der Waals surface area contributed by atoms with Gasteiger partial charge in [0.05, 0.1) is 19.6 Å². The van der Waals surface area contributed by atoms with Gasteiger partial charge in [-0.3, -0.25) is 19.2 Å². The first-order chi connectivity index (χ1) is 14.5. The van der Waals surface area contributed by atoms with Gasteiger partial charge in [0.15, 0.2) is 0 Å². The van der Waals surface area contributed by atoms with Crippen LogP contribution in [0.4, 0.5) is 0 Å². The van der Waals surface area contributed by atoms with Crippen molar-refractivity contribution in [1.29, 1.82) is 0 Å². The lowest BCUT2D eigenvalue weighted by Gasteiger charge is -2.23. The summed E-state index contributed by atoms with van der Waals surface area (Å²) in [5.74, 6) is -4.32. The van der Waals surface area contributed by atoms with Crippen molar-refractivity contribution in [2.75, 3.05) is 7.11 Å². The Kier molecular flexibility index (Phi) is 10.1. The molecule has 0 saturated carbocycles. The molecule has 0 aliphatic heterocycles. The lowest BCUT2D eigenvalue weighted by Crippen LogP contribution is -2.56. The Morgan fingerprint density at radius 2 is 1.52 bits per heavy atom. The first-order valence-electron chi connectivity index (χ1n) is 9.55. The molecule has 0 aliphatic carbocycles. The lowest BCUT2D eigenvalue weighted by molar-refractivity contribution is -0.146. The van der Waals surface area contributed by atoms with E-state index in [1.165, 1.54) is 13.8 Å². The van der Waals surface area contributed by atoms with E-state index in [-0.39, 0.29) is 6.42 Å². The standard InChI is InChI=1S/C20H28N4O7/c1-11(21)17(27)22-12(2)18(28)23-14(10-16(25)26)19(29)24-15(20(30)31-3)9-13-7-5-4-6-8-13/h4-8,11-12,14-15H,9-10,21H2,1-3H3,(H,22,27)(H,23,28)(H,24,29)(H,25,26)/t11-,12+,14-,15-/m0/s1. The van der Waals surface area contributed by atoms with E-state index in [0.29, 0.717) is 0 Å². The van der Waals surface area contributed by atoms with E-state index in [0.717, 1.165) is 12.7 Å². The molecule has 0 radical (unpaired) electrons. The van der Waals surface area contributed by atoms with E-state index >= 15 is 0 Å². The highest BCUT2D eigenvalue weighted by Gasteiger charge is 2.30. The molecule has 0 spiro atoms. The molecule has 0 heterocycles. The summed E-state index contributed by atoms with van der Waals surface area (Å²) >= 11 is 0. The molecule has 1 rings (SSSR count). The summed E-state index contributed by atoms with van der Waals surface area (Å²) in [4.78, 5) is 60.0. The average Bonchev–Trinajstić information content (AvgIpc) is 2.72. The molecule has 6 N–H and O–H groups in total. The molecular weight excluding hydrogens is 408 g/mol. The van der Waals surface area contributed by atoms with Gasteiger partial charge in [0.2, 0.25) is 17.7 Å². The third-order valence-electron chi connectivity index (χ3n) is 4.26. The number of nitrogens with one attached hydrogen (secondary N) is 3. The summed E-state index contributed by atoms with van der Waals surface area (Å²) in [5.41, 5.74) is 6.17. The van der Waals surface area contributed by atoms with Gasteiger partial charge in [0, 0.05) is 6.42 Å². The molecule has 0 aromatic heterocycles. The van der Waals surface area contributed by atoms with Crippen LogP contribution in [0.3, 0.4) is 0 Å². The molecule has 0 fully saturated rings. The third-order valence-corrected chi connectivity index (χ3v) is 4.26. The number of rotatable bonds is 11. The van der Waals surface area contributed by atoms with E-state index in [1.54, 1.807) is 30.3 Å². The minimum absolute atomic E-state index is 0.105. The van der Waals surface area contributed by atoms with E-state index in [2.05, 4.69) is 16.0 Å². The highest BCUT2D eigenvalue weighted by atomic mass is 16.5. The molecule has 0 saturated heterocycles. The molecule has 0 bridgehead atoms. The molecule has 1 aromatic rings. The van der Waals surface area contributed by atoms with Crippen LogP contribution >= 0.6 is 0 Å². The summed E-state index contributed by atoms with van der Waals surface area (Å²) in [6.45, 7) is 2.79. The topological polar surface area (TPSA) is 177 Å². The second-order valence-corrected chi connectivity index (χ2v) is 6.95. The Hall–Kier alpha value is -3.47. The van der Waals surface area contributed by atoms with Crippen LogP contribution in [0.1, 0.15) is 25.8 Å². The van der Waals surface area contributed by atoms with Crippen LogP contribution in [-0.4, -0.2) is 66.0 Å². The van der Waals surface area contributed by atoms with Gasteiger partial charge in [0.1, 0.15) is 18.1 Å². The number of esters is 1. The van der Waals surface area contributed by atoms with Gasteiger partial charge in [0.25, 0.3) is 0 Å². The lowest BCUT2D eigenvalue weighted by atomic mass is 10.0. The molecule has 11 heteroatoms. The van der Waals surface area contributed by atoms with Gasteiger partial charge >= 0.3 is 11.9 Å². The molecule has 1 aromatic carbocycles. The molecular formula is C20H28N4O7. The van der Waals surface area contributed by atoms with Crippen LogP contribution in [0.5, 0.6) is 0 Å². The van der Waals surface area contributed by atoms with E-state index in [9.17, 15) is 24.0 Å². The van der Waals surface area contributed by atoms with Crippen LogP contribution < -0.4 is 21.7 Å². The fraction of sp³-hybridized carbons (Fsp3) is 0.450. The Labute approximate surface area is 179 Å². The van der Waals surface area contributed by atoms with Gasteiger partial charge in [-0.15, -0.1) is 0 Å². The monoisotopic (exact) mass is 436 g/mol. The maximum Gasteiger partial charge on any atom is 0.328 e. The molecule has 11 nitrogen and oxygen atoms in total. The van der Waals surface area contributed by atoms with Gasteiger partial charge in [-0.2, -0.15) is 0 Å². The first-order valence-corrected chi connectivity index (χ1v) is 9.55. The van der Waals surface area contributed by atoms with Crippen molar-refractivity contribution in [1.82, 2.24) is 16.0 Å². The molecule has 4 atom stereocenters. The Balaban J connectivity index is 2.91. The number of carbonyl (C=O) groups is 5. The van der Waals surface area contributed by atoms with Crippen LogP contribution in [-0.2, 0) is 35.1 Å². The zero-order chi connectivity index (χ0) is 23.6. The summed E-state index contributed by atoms with van der Waals surface area (Å²) in [5, 5.41) is 16.2. The minimum Gasteiger partial charge on any atom is -0.481 e. The molecule has 31 heavy (non-hydrogen) atoms. The van der Waals surface area contributed by atoms with Crippen molar-refractivity contribution >= 4 is 29.7 Å². The Morgan fingerprint density at radius 1 is 0.935 bits per heavy atom. The highest BCUT2D eigenvalue weighted by molar-refractivity contribution is 5.95. The smallest absolute Gasteiger partial charge is 0.328 e. The van der Waals surface area contributed by atoms with E-state index in [1.807, 2.05) is 0 Å². The van der Waals surface area contributed by atoms with Crippen LogP contribution in [0.2, 0.25) is 0 Å². The minimum atomic E-state index is -1.48. The second kappa shape index (κ2) is 12.3. The molecule has 0 unspecified atom stereocenters. The quantitative estimate of drug-likeness (QED) is 0.266. The molecule has 3 amide bonds. The zero-order valence-corrected chi connectivity index (χ0v) is 17.6. The average molecular weight is 436 g/mol. The summed E-state index contributed by atoms with van der Waals surface area (Å²) in [7, 11) is 1.16. The maximum absolute atomic E-state index is 12.7. The SMILES string of the molecule is COC(=O)[C@H](Cc1ccccc1)NC(=O)[C@H](CC(=O)O)NC(=O)[C@@H](C)NC(=O)[C@H](C)N. The van der Waals surface area contributed by atoms with Crippen molar-refractivity contribution < 1.29 is 33.8 Å². The van der Waals surface area contributed by atoms with Gasteiger partial charge in [-0.05, 0) is 19.4 Å². The zero-order valence-electron chi connectivity index (χ0n) is 17.6. The number of amides is 3. The second-order valence-electron chi connectivity index (χ2n) is 6.95. The fourth-order valence-electron chi connectivity index (χ4n) is 2.55. The van der Waals surface area contributed by atoms with E-state index in [4.69, 9.17) is 15.6 Å². The van der Waals surface area contributed by atoms with Gasteiger partial charge < -0.3 is 31.5 Å². The van der Waals surface area contributed by atoms with Crippen molar-refractivity contribution in [3.63, 3.8) is 0 Å². The predicted octanol–water partition coefficient (Wildman–Crippen LogP) is -1.30. The molecule has 0 aliphatic rings. The number of hydrogen-bond acceptors (Lipinski definition) is 7. The number of hydrogen-bond donors (Lipinski definition) is 5. The van der Waals surface area contributed by atoms with Crippen LogP contribution in [0.25, 0.3) is 0 Å². The summed E-state index contributed by atoms with van der Waals surface area (Å²) in [6, 6.07) is 4.32. The van der Waals surface area contributed by atoms with Crippen LogP contribution in [0, 0.1) is 0 Å². The largest absolute Gasteiger partial charge is 0.481 e. The number of carboxylic acid groups (broad SMARTS) is 1. The number of benzene rings is 1. The van der Waals surface area contributed by atoms with E-state index < -0.39 is 60.2 Å². The number of carbonyl (C=O) groups excluding carboxylic acids is 4. The van der Waals surface area contributed by atoms with Crippen molar-refractivity contribution in [2.45, 2.75) is 50.9 Å². The normalized spacial score (nSPS) is 14.3. The van der Waals surface area contributed by atoms with Crippen molar-refractivity contribution in [3.05, 3.63) is 35.9 Å². The van der Waals surface area contributed by atoms with Gasteiger partial charge in [-0.25, -0.2) is 4.79 Å². The van der Waals surface area contributed by atoms with Crippen LogP contribution in [0.15, 0.2) is 30.3 Å². The number of carboxylic acids is 1. The Morgan fingerprint density at radius 3 is 2.03 bits per heavy atom. The van der Waals surface area contributed by atoms with Crippen molar-refractivity contribution in [2.24, 2.45) is 5.73 Å². The fourth-order valence-corrected chi connectivity index (χ4v) is 2.55. The number of methoxy groups -OCH3 is 1. The number of ether oxygens (including phenoxy) is 1. The number of nitrogens with two attached hydrogens (primary N) is 1. The Bertz CT molecular complexity index is 798. The predicted molar refractivity (Wildman–Crippen MR) is 110 cm³/mol. The maximum atomic E-state index is 12.7. The third kappa shape index (κ3) is 8.83. The summed E-state index contributed by atoms with van der Waals surface area (Å²) < 4.78 is 4.72. The number of aliphatic carboxylic acids is 1. The van der Waals surface area contributed by atoms with Crippen molar-refractivity contribution in [3.8, 4) is 0 Å². The first kappa shape index (κ1) is 25.6. The summed E-state index contributed by atoms with van der Waals surface area (Å²) in [6.07, 6.45) is -0.626. The van der Waals surface area contributed by atoms with Gasteiger partial charge in [-0.1, -0.05) is 30.3 Å². The molecule has 170 valence electrons. The highest BCUT2D eigenvalue weighted by Crippen LogP contribution is 2.06.